The Labute approximate surface area is 148 Å². The molecule has 0 saturated heterocycles. The van der Waals surface area contributed by atoms with Crippen LogP contribution >= 0.6 is 23.1 Å². The number of alkyl halides is 3. The lowest BCUT2D eigenvalue weighted by molar-refractivity contribution is -0.138. The number of halogens is 3. The zero-order chi connectivity index (χ0) is 18.0. The Hall–Kier alpha value is -2.38. The van der Waals surface area contributed by atoms with Crippen molar-refractivity contribution in [1.29, 1.82) is 5.26 Å². The normalized spacial score (nSPS) is 11.5. The first kappa shape index (κ1) is 17.4. The zero-order valence-electron chi connectivity index (χ0n) is 12.7. The molecule has 0 unspecified atom stereocenters. The quantitative estimate of drug-likeness (QED) is 0.610. The Kier molecular flexibility index (Phi) is 4.78. The van der Waals surface area contributed by atoms with E-state index in [4.69, 9.17) is 9.78 Å². The maximum Gasteiger partial charge on any atom is 0.417 e. The third-order valence-corrected chi connectivity index (χ3v) is 4.90. The van der Waals surface area contributed by atoms with Crippen molar-refractivity contribution in [3.63, 3.8) is 0 Å². The number of thioether (sulfide) groups is 1. The molecule has 3 aromatic rings. The number of aromatic nitrogens is 3. The highest BCUT2D eigenvalue weighted by Gasteiger charge is 2.35. The van der Waals surface area contributed by atoms with Gasteiger partial charge in [0.15, 0.2) is 0 Å². The Morgan fingerprint density at radius 3 is 2.80 bits per heavy atom. The minimum atomic E-state index is -4.62. The molecule has 0 fully saturated rings. The van der Waals surface area contributed by atoms with Crippen LogP contribution in [0.4, 0.5) is 13.2 Å². The van der Waals surface area contributed by atoms with E-state index < -0.39 is 17.3 Å². The van der Waals surface area contributed by atoms with Gasteiger partial charge in [-0.05, 0) is 24.4 Å². The van der Waals surface area contributed by atoms with Crippen LogP contribution in [0, 0.1) is 18.3 Å². The van der Waals surface area contributed by atoms with Crippen LogP contribution in [0.5, 0.6) is 0 Å². The Balaban J connectivity index is 1.84. The van der Waals surface area contributed by atoms with Crippen molar-refractivity contribution >= 4 is 23.1 Å². The number of aryl methyl sites for hydroxylation is 1. The molecule has 5 nitrogen and oxygen atoms in total. The van der Waals surface area contributed by atoms with E-state index in [1.165, 1.54) is 18.3 Å². The highest BCUT2D eigenvalue weighted by atomic mass is 32.2. The molecule has 0 aliphatic carbocycles. The fourth-order valence-corrected chi connectivity index (χ4v) is 3.57. The van der Waals surface area contributed by atoms with Crippen molar-refractivity contribution in [3.05, 3.63) is 46.3 Å². The van der Waals surface area contributed by atoms with Crippen LogP contribution in [0.1, 0.15) is 22.7 Å². The summed E-state index contributed by atoms with van der Waals surface area (Å²) in [4.78, 5) is 9.06. The van der Waals surface area contributed by atoms with E-state index >= 15 is 0 Å². The first-order chi connectivity index (χ1) is 11.9. The molecule has 0 saturated carbocycles. The molecular formula is C15H9F3N4OS2. The second-order valence-electron chi connectivity index (χ2n) is 4.88. The van der Waals surface area contributed by atoms with E-state index in [1.807, 2.05) is 17.5 Å². The Morgan fingerprint density at radius 2 is 2.16 bits per heavy atom. The van der Waals surface area contributed by atoms with E-state index in [0.29, 0.717) is 5.82 Å². The van der Waals surface area contributed by atoms with Crippen molar-refractivity contribution in [1.82, 2.24) is 15.1 Å². The van der Waals surface area contributed by atoms with Crippen LogP contribution in [0.3, 0.4) is 0 Å². The summed E-state index contributed by atoms with van der Waals surface area (Å²) in [6, 6.07) is 6.14. The lowest BCUT2D eigenvalue weighted by Gasteiger charge is -2.12. The molecule has 128 valence electrons. The highest BCUT2D eigenvalue weighted by Crippen LogP contribution is 2.36. The molecule has 0 aromatic carbocycles. The van der Waals surface area contributed by atoms with Crippen LogP contribution in [-0.2, 0) is 11.9 Å². The van der Waals surface area contributed by atoms with Gasteiger partial charge in [-0.25, -0.2) is 4.98 Å². The lowest BCUT2D eigenvalue weighted by Crippen LogP contribution is -2.10. The van der Waals surface area contributed by atoms with Crippen molar-refractivity contribution in [2.24, 2.45) is 0 Å². The summed E-state index contributed by atoms with van der Waals surface area (Å²) in [5, 5.41) is 14.8. The minimum absolute atomic E-state index is 0.00861. The second-order valence-corrected chi connectivity index (χ2v) is 6.79. The molecule has 0 aliphatic rings. The number of nitrogens with zero attached hydrogens (tertiary/aromatic N) is 4. The van der Waals surface area contributed by atoms with Gasteiger partial charge in [0.1, 0.15) is 11.1 Å². The molecule has 0 amide bonds. The van der Waals surface area contributed by atoms with Crippen molar-refractivity contribution in [2.75, 3.05) is 0 Å². The smallest absolute Gasteiger partial charge is 0.338 e. The van der Waals surface area contributed by atoms with Gasteiger partial charge in [0.05, 0.1) is 21.8 Å². The number of thiophene rings is 1. The molecule has 0 N–H and O–H groups in total. The number of hydrogen-bond donors (Lipinski definition) is 0. The van der Waals surface area contributed by atoms with E-state index in [-0.39, 0.29) is 22.4 Å². The summed E-state index contributed by atoms with van der Waals surface area (Å²) in [6.45, 7) is 1.45. The van der Waals surface area contributed by atoms with Gasteiger partial charge in [-0.15, -0.1) is 11.3 Å². The molecule has 3 heterocycles. The van der Waals surface area contributed by atoms with Crippen LogP contribution in [-0.4, -0.2) is 15.1 Å². The molecule has 25 heavy (non-hydrogen) atoms. The van der Waals surface area contributed by atoms with Crippen LogP contribution in [0.25, 0.3) is 10.7 Å². The molecule has 0 atom stereocenters. The summed E-state index contributed by atoms with van der Waals surface area (Å²) in [7, 11) is 0. The first-order valence-corrected chi connectivity index (χ1v) is 8.73. The van der Waals surface area contributed by atoms with Gasteiger partial charge in [-0.3, -0.25) is 0 Å². The average Bonchev–Trinajstić information content (AvgIpc) is 3.22. The standard InChI is InChI=1S/C15H9F3N4OS2/c1-8-5-10(15(16,17)18)9(6-19)14(20-8)25-7-12-21-13(22-23-12)11-3-2-4-24-11/h2-5H,7H2,1H3. The molecule has 3 rings (SSSR count). The fraction of sp³-hybridized carbons (Fsp3) is 0.200. The number of rotatable bonds is 4. The summed E-state index contributed by atoms with van der Waals surface area (Å²) in [5.41, 5.74) is -1.31. The minimum Gasteiger partial charge on any atom is -0.338 e. The molecule has 0 spiro atoms. The van der Waals surface area contributed by atoms with E-state index in [9.17, 15) is 13.2 Å². The Bertz CT molecular complexity index is 929. The molecule has 3 aromatic heterocycles. The largest absolute Gasteiger partial charge is 0.417 e. The van der Waals surface area contributed by atoms with Crippen molar-refractivity contribution < 1.29 is 17.7 Å². The first-order valence-electron chi connectivity index (χ1n) is 6.86. The number of hydrogen-bond acceptors (Lipinski definition) is 7. The van der Waals surface area contributed by atoms with Gasteiger partial charge >= 0.3 is 6.18 Å². The van der Waals surface area contributed by atoms with Gasteiger partial charge in [-0.2, -0.15) is 23.4 Å². The van der Waals surface area contributed by atoms with Crippen LogP contribution in [0.2, 0.25) is 0 Å². The van der Waals surface area contributed by atoms with Gasteiger partial charge in [0, 0.05) is 5.69 Å². The number of pyridine rings is 1. The topological polar surface area (TPSA) is 75.6 Å². The van der Waals surface area contributed by atoms with E-state index in [2.05, 4.69) is 15.1 Å². The van der Waals surface area contributed by atoms with E-state index in [1.54, 1.807) is 6.07 Å². The number of nitriles is 1. The molecule has 0 aliphatic heterocycles. The lowest BCUT2D eigenvalue weighted by atomic mass is 10.1. The summed E-state index contributed by atoms with van der Waals surface area (Å²) in [6.07, 6.45) is -4.62. The van der Waals surface area contributed by atoms with Crippen LogP contribution < -0.4 is 0 Å². The van der Waals surface area contributed by atoms with Crippen molar-refractivity contribution in [3.8, 4) is 16.8 Å². The molecular weight excluding hydrogens is 373 g/mol. The van der Waals surface area contributed by atoms with Gasteiger partial charge in [0.2, 0.25) is 11.7 Å². The van der Waals surface area contributed by atoms with Crippen LogP contribution in [0.15, 0.2) is 33.1 Å². The predicted octanol–water partition coefficient (Wildman–Crippen LogP) is 4.68. The summed E-state index contributed by atoms with van der Waals surface area (Å²) < 4.78 is 44.4. The summed E-state index contributed by atoms with van der Waals surface area (Å²) >= 11 is 2.40. The van der Waals surface area contributed by atoms with Gasteiger partial charge in [0.25, 0.3) is 0 Å². The van der Waals surface area contributed by atoms with E-state index in [0.717, 1.165) is 22.7 Å². The SMILES string of the molecule is Cc1cc(C(F)(F)F)c(C#N)c(SCc2nc(-c3cccs3)no2)n1. The fourth-order valence-electron chi connectivity index (χ4n) is 2.03. The third-order valence-electron chi connectivity index (χ3n) is 3.07. The van der Waals surface area contributed by atoms with Crippen molar-refractivity contribution in [2.45, 2.75) is 23.9 Å². The molecule has 10 heteroatoms. The highest BCUT2D eigenvalue weighted by molar-refractivity contribution is 7.98. The maximum absolute atomic E-state index is 13.1. The maximum atomic E-state index is 13.1. The summed E-state index contributed by atoms with van der Waals surface area (Å²) in [5.74, 6) is 0.773. The zero-order valence-corrected chi connectivity index (χ0v) is 14.3. The monoisotopic (exact) mass is 382 g/mol. The third kappa shape index (κ3) is 3.83. The average molecular weight is 382 g/mol. The predicted molar refractivity (Wildman–Crippen MR) is 85.9 cm³/mol. The second kappa shape index (κ2) is 6.85. The Morgan fingerprint density at radius 1 is 1.36 bits per heavy atom. The van der Waals surface area contributed by atoms with Gasteiger partial charge < -0.3 is 4.52 Å². The molecule has 0 radical (unpaired) electrons. The van der Waals surface area contributed by atoms with Gasteiger partial charge in [-0.1, -0.05) is 23.0 Å². The molecule has 0 bridgehead atoms.